The van der Waals surface area contributed by atoms with Crippen molar-refractivity contribution < 1.29 is 5.11 Å². The molecule has 1 aromatic heterocycles. The van der Waals surface area contributed by atoms with E-state index < -0.39 is 6.10 Å². The van der Waals surface area contributed by atoms with Crippen molar-refractivity contribution in [3.63, 3.8) is 0 Å². The third kappa shape index (κ3) is 7.02. The summed E-state index contributed by atoms with van der Waals surface area (Å²) in [4.78, 5) is 9.13. The summed E-state index contributed by atoms with van der Waals surface area (Å²) in [5, 5.41) is 20.3. The van der Waals surface area contributed by atoms with Crippen LogP contribution in [0.4, 0.5) is 0 Å². The molecule has 0 aliphatic heterocycles. The molecule has 0 saturated heterocycles. The molecule has 0 fully saturated rings. The fraction of sp³-hybridized carbons (Fsp3) is 0.444. The molecule has 1 unspecified atom stereocenters. The Kier molecular flexibility index (Phi) is 10.4. The lowest BCUT2D eigenvalue weighted by Crippen LogP contribution is -2.39. The molecule has 0 radical (unpaired) electrons. The van der Waals surface area contributed by atoms with Gasteiger partial charge in [0.05, 0.1) is 18.3 Å². The number of nitrogens with one attached hydrogen (secondary N) is 2. The lowest BCUT2D eigenvalue weighted by atomic mass is 10.1. The topological polar surface area (TPSA) is 69.5 Å². The monoisotopic (exact) mass is 508 g/mol. The van der Waals surface area contributed by atoms with Gasteiger partial charge >= 0.3 is 0 Å². The number of thiazole rings is 1. The van der Waals surface area contributed by atoms with Gasteiger partial charge in [-0.1, -0.05) is 43.6 Å². The van der Waals surface area contributed by atoms with E-state index in [1.54, 1.807) is 17.4 Å². The molecule has 0 saturated carbocycles. The molecule has 5 nitrogen and oxygen atoms in total. The first kappa shape index (κ1) is 23.1. The highest BCUT2D eigenvalue weighted by molar-refractivity contribution is 14.0. The van der Waals surface area contributed by atoms with E-state index in [0.717, 1.165) is 17.2 Å². The molecule has 0 spiro atoms. The zero-order valence-corrected chi connectivity index (χ0v) is 19.1. The lowest BCUT2D eigenvalue weighted by Gasteiger charge is -2.16. The molecule has 1 aromatic carbocycles. The summed E-state index contributed by atoms with van der Waals surface area (Å²) in [5.74, 6) is 1.07. The van der Waals surface area contributed by atoms with E-state index in [0.29, 0.717) is 35.6 Å². The van der Waals surface area contributed by atoms with E-state index in [1.165, 1.54) is 0 Å². The van der Waals surface area contributed by atoms with Crippen LogP contribution >= 0.6 is 46.9 Å². The average molecular weight is 509 g/mol. The standard InChI is InChI=1S/C18H25ClN4OS.HI/c1-4-20-18(22-10-17-23-15(11-25-17)12(2)3)21-9-16(24)13-7-5-6-8-14(13)19;/h5-8,11-12,16,24H,4,9-10H2,1-3H3,(H2,20,21,22);1H. The number of hydrogen-bond donors (Lipinski definition) is 3. The summed E-state index contributed by atoms with van der Waals surface area (Å²) in [6.45, 7) is 7.83. The van der Waals surface area contributed by atoms with E-state index in [-0.39, 0.29) is 24.0 Å². The fourth-order valence-electron chi connectivity index (χ4n) is 2.20. The van der Waals surface area contributed by atoms with E-state index in [4.69, 9.17) is 11.6 Å². The molecule has 2 aromatic rings. The minimum absolute atomic E-state index is 0. The Balaban J connectivity index is 0.00000338. The SMILES string of the molecule is CCNC(=NCc1nc(C(C)C)cs1)NCC(O)c1ccccc1Cl.I. The maximum absolute atomic E-state index is 10.3. The van der Waals surface area contributed by atoms with Crippen LogP contribution in [-0.2, 0) is 6.54 Å². The van der Waals surface area contributed by atoms with Crippen molar-refractivity contribution in [1.82, 2.24) is 15.6 Å². The Hall–Kier alpha value is -0.900. The van der Waals surface area contributed by atoms with E-state index >= 15 is 0 Å². The second-order valence-corrected chi connectivity index (χ2v) is 7.28. The number of aliphatic hydroxyl groups excluding tert-OH is 1. The molecule has 144 valence electrons. The molecule has 1 heterocycles. The number of halogens is 2. The molecule has 0 aliphatic carbocycles. The highest BCUT2D eigenvalue weighted by Crippen LogP contribution is 2.22. The molecule has 2 rings (SSSR count). The van der Waals surface area contributed by atoms with Crippen molar-refractivity contribution in [1.29, 1.82) is 0 Å². The van der Waals surface area contributed by atoms with Crippen LogP contribution < -0.4 is 10.6 Å². The lowest BCUT2D eigenvalue weighted by molar-refractivity contribution is 0.181. The molecule has 0 bridgehead atoms. The van der Waals surface area contributed by atoms with Gasteiger partial charge in [0.1, 0.15) is 5.01 Å². The maximum Gasteiger partial charge on any atom is 0.191 e. The maximum atomic E-state index is 10.3. The second kappa shape index (κ2) is 11.7. The Morgan fingerprint density at radius 2 is 2.04 bits per heavy atom. The van der Waals surface area contributed by atoms with Crippen molar-refractivity contribution in [3.8, 4) is 0 Å². The van der Waals surface area contributed by atoms with Crippen LogP contribution in [0.2, 0.25) is 5.02 Å². The van der Waals surface area contributed by atoms with Gasteiger partial charge in [0, 0.05) is 29.1 Å². The fourth-order valence-corrected chi connectivity index (χ4v) is 3.34. The van der Waals surface area contributed by atoms with Gasteiger partial charge in [-0.25, -0.2) is 9.98 Å². The van der Waals surface area contributed by atoms with Crippen LogP contribution in [0.25, 0.3) is 0 Å². The van der Waals surface area contributed by atoms with Crippen molar-refractivity contribution in [3.05, 3.63) is 50.9 Å². The first-order valence-corrected chi connectivity index (χ1v) is 9.66. The third-order valence-electron chi connectivity index (χ3n) is 3.60. The summed E-state index contributed by atoms with van der Waals surface area (Å²) in [6.07, 6.45) is -0.704. The van der Waals surface area contributed by atoms with Crippen LogP contribution in [0, 0.1) is 0 Å². The predicted octanol–water partition coefficient (Wildman–Crippen LogP) is 4.33. The Morgan fingerprint density at radius 1 is 1.31 bits per heavy atom. The predicted molar refractivity (Wildman–Crippen MR) is 121 cm³/mol. The van der Waals surface area contributed by atoms with Crippen LogP contribution in [0.3, 0.4) is 0 Å². The number of rotatable bonds is 7. The number of hydrogen-bond acceptors (Lipinski definition) is 4. The minimum Gasteiger partial charge on any atom is -0.387 e. The Labute approximate surface area is 181 Å². The normalized spacial score (nSPS) is 12.6. The molecular weight excluding hydrogens is 483 g/mol. The number of aliphatic hydroxyl groups is 1. The molecule has 8 heteroatoms. The third-order valence-corrected chi connectivity index (χ3v) is 4.80. The van der Waals surface area contributed by atoms with Crippen LogP contribution in [-0.4, -0.2) is 29.1 Å². The van der Waals surface area contributed by atoms with Gasteiger partial charge in [-0.15, -0.1) is 35.3 Å². The van der Waals surface area contributed by atoms with E-state index in [9.17, 15) is 5.11 Å². The van der Waals surface area contributed by atoms with Crippen molar-refractivity contribution >= 4 is 52.9 Å². The summed E-state index contributed by atoms with van der Waals surface area (Å²) in [7, 11) is 0. The number of aromatic nitrogens is 1. The zero-order valence-electron chi connectivity index (χ0n) is 15.2. The van der Waals surface area contributed by atoms with Crippen LogP contribution in [0.5, 0.6) is 0 Å². The van der Waals surface area contributed by atoms with Gasteiger partial charge < -0.3 is 15.7 Å². The summed E-state index contributed by atoms with van der Waals surface area (Å²) in [6, 6.07) is 7.30. The van der Waals surface area contributed by atoms with E-state index in [2.05, 4.69) is 39.8 Å². The summed E-state index contributed by atoms with van der Waals surface area (Å²) < 4.78 is 0. The van der Waals surface area contributed by atoms with Crippen molar-refractivity contribution in [2.45, 2.75) is 39.3 Å². The molecular formula is C18H26ClIN4OS. The van der Waals surface area contributed by atoms with Gasteiger partial charge in [-0.3, -0.25) is 0 Å². The Morgan fingerprint density at radius 3 is 2.65 bits per heavy atom. The molecule has 0 aliphatic rings. The largest absolute Gasteiger partial charge is 0.387 e. The van der Waals surface area contributed by atoms with Crippen LogP contribution in [0.1, 0.15) is 49.1 Å². The van der Waals surface area contributed by atoms with Gasteiger partial charge in [-0.2, -0.15) is 0 Å². The zero-order chi connectivity index (χ0) is 18.2. The number of aliphatic imine (C=N–C) groups is 1. The van der Waals surface area contributed by atoms with E-state index in [1.807, 2.05) is 25.1 Å². The highest BCUT2D eigenvalue weighted by Gasteiger charge is 2.12. The molecule has 26 heavy (non-hydrogen) atoms. The molecule has 0 amide bonds. The minimum atomic E-state index is -0.704. The molecule has 3 N–H and O–H groups in total. The van der Waals surface area contributed by atoms with Gasteiger partial charge in [-0.05, 0) is 18.9 Å². The summed E-state index contributed by atoms with van der Waals surface area (Å²) in [5.41, 5.74) is 1.80. The van der Waals surface area contributed by atoms with Crippen molar-refractivity contribution in [2.75, 3.05) is 13.1 Å². The van der Waals surface area contributed by atoms with Gasteiger partial charge in [0.2, 0.25) is 0 Å². The number of benzene rings is 1. The van der Waals surface area contributed by atoms with Crippen LogP contribution in [0.15, 0.2) is 34.6 Å². The van der Waals surface area contributed by atoms with Gasteiger partial charge in [0.15, 0.2) is 5.96 Å². The number of guanidine groups is 1. The number of nitrogens with zero attached hydrogens (tertiary/aromatic N) is 2. The smallest absolute Gasteiger partial charge is 0.191 e. The average Bonchev–Trinajstić information content (AvgIpc) is 3.07. The van der Waals surface area contributed by atoms with Gasteiger partial charge in [0.25, 0.3) is 0 Å². The quantitative estimate of drug-likeness (QED) is 0.296. The molecule has 1 atom stereocenters. The van der Waals surface area contributed by atoms with Crippen molar-refractivity contribution in [2.24, 2.45) is 4.99 Å². The Bertz CT molecular complexity index is 708. The highest BCUT2D eigenvalue weighted by atomic mass is 127. The first-order valence-electron chi connectivity index (χ1n) is 8.40. The summed E-state index contributed by atoms with van der Waals surface area (Å²) >= 11 is 7.74. The second-order valence-electron chi connectivity index (χ2n) is 5.93. The first-order chi connectivity index (χ1) is 12.0.